The number of carbonyl (C=O) groups is 2. The summed E-state index contributed by atoms with van der Waals surface area (Å²) in [6, 6.07) is 16.9. The van der Waals surface area contributed by atoms with Gasteiger partial charge in [-0.05, 0) is 42.5 Å². The fourth-order valence-corrected chi connectivity index (χ4v) is 5.83. The molecule has 1 heterocycles. The van der Waals surface area contributed by atoms with Crippen LogP contribution in [-0.4, -0.2) is 20.2 Å². The van der Waals surface area contributed by atoms with E-state index in [0.29, 0.717) is 5.02 Å². The van der Waals surface area contributed by atoms with Crippen LogP contribution in [0.5, 0.6) is 0 Å². The average molecular weight is 555 g/mol. The van der Waals surface area contributed by atoms with E-state index >= 15 is 0 Å². The highest BCUT2D eigenvalue weighted by molar-refractivity contribution is 7.92. The first kappa shape index (κ1) is 24.3. The van der Waals surface area contributed by atoms with Gasteiger partial charge in [-0.1, -0.05) is 59.1 Å². The van der Waals surface area contributed by atoms with E-state index in [4.69, 9.17) is 34.8 Å². The average Bonchev–Trinajstić information content (AvgIpc) is 3.15. The van der Waals surface area contributed by atoms with Gasteiger partial charge in [0.1, 0.15) is 4.88 Å². The third kappa shape index (κ3) is 5.13. The van der Waals surface area contributed by atoms with Crippen molar-refractivity contribution in [3.05, 3.63) is 92.2 Å². The molecule has 0 saturated carbocycles. The molecule has 4 rings (SSSR count). The first-order chi connectivity index (χ1) is 16.2. The van der Waals surface area contributed by atoms with Gasteiger partial charge in [-0.2, -0.15) is 0 Å². The SMILES string of the molecule is O=C(NNC(=O)c1sc2ccccc2c1Cl)c1cccc(NS(=O)(=O)c2ccc(Cl)c(Cl)c2)c1. The molecule has 3 N–H and O–H groups in total. The van der Waals surface area contributed by atoms with Crippen molar-refractivity contribution in [2.75, 3.05) is 4.72 Å². The van der Waals surface area contributed by atoms with Crippen molar-refractivity contribution in [1.82, 2.24) is 10.9 Å². The van der Waals surface area contributed by atoms with Crippen LogP contribution in [0.4, 0.5) is 5.69 Å². The first-order valence-electron chi connectivity index (χ1n) is 9.51. The summed E-state index contributed by atoms with van der Waals surface area (Å²) in [6.45, 7) is 0. The number of rotatable bonds is 5. The summed E-state index contributed by atoms with van der Waals surface area (Å²) in [5.74, 6) is -1.22. The van der Waals surface area contributed by atoms with Crippen LogP contribution in [0.3, 0.4) is 0 Å². The number of carbonyl (C=O) groups excluding carboxylic acids is 2. The van der Waals surface area contributed by atoms with Gasteiger partial charge in [0, 0.05) is 21.3 Å². The third-order valence-electron chi connectivity index (χ3n) is 4.61. The number of hydrazine groups is 1. The third-order valence-corrected chi connectivity index (χ3v) is 8.40. The predicted molar refractivity (Wildman–Crippen MR) is 135 cm³/mol. The Kier molecular flexibility index (Phi) is 7.01. The molecule has 0 fully saturated rings. The number of amides is 2. The molecule has 4 aromatic rings. The number of benzene rings is 3. The number of nitrogens with one attached hydrogen (secondary N) is 3. The quantitative estimate of drug-likeness (QED) is 0.274. The summed E-state index contributed by atoms with van der Waals surface area (Å²) >= 11 is 19.2. The van der Waals surface area contributed by atoms with Gasteiger partial charge in [-0.25, -0.2) is 8.42 Å². The van der Waals surface area contributed by atoms with Crippen LogP contribution in [-0.2, 0) is 10.0 Å². The molecule has 0 atom stereocenters. The number of hydrogen-bond donors (Lipinski definition) is 3. The van der Waals surface area contributed by atoms with Crippen molar-refractivity contribution in [3.8, 4) is 0 Å². The van der Waals surface area contributed by atoms with Crippen LogP contribution in [0.25, 0.3) is 10.1 Å². The molecule has 0 aliphatic heterocycles. The van der Waals surface area contributed by atoms with E-state index in [-0.39, 0.29) is 31.1 Å². The van der Waals surface area contributed by atoms with E-state index in [0.717, 1.165) is 10.1 Å². The molecule has 1 aromatic heterocycles. The van der Waals surface area contributed by atoms with Crippen molar-refractivity contribution in [3.63, 3.8) is 0 Å². The largest absolute Gasteiger partial charge is 0.281 e. The van der Waals surface area contributed by atoms with E-state index in [1.54, 1.807) is 6.07 Å². The molecule has 0 bridgehead atoms. The zero-order valence-electron chi connectivity index (χ0n) is 16.9. The number of fused-ring (bicyclic) bond motifs is 1. The molecule has 3 aromatic carbocycles. The molecule has 7 nitrogen and oxygen atoms in total. The van der Waals surface area contributed by atoms with Gasteiger partial charge in [-0.3, -0.25) is 25.2 Å². The first-order valence-corrected chi connectivity index (χ1v) is 12.9. The number of thiophene rings is 1. The maximum atomic E-state index is 12.6. The van der Waals surface area contributed by atoms with Crippen molar-refractivity contribution >= 4 is 83.8 Å². The standard InChI is InChI=1S/C22H14Cl3N3O4S2/c23-16-9-8-14(11-17(16)24)34(31,32)28-13-5-3-4-12(10-13)21(29)26-27-22(30)20-19(25)15-6-1-2-7-18(15)33-20/h1-11,28H,(H,26,29)(H,27,30). The van der Waals surface area contributed by atoms with Gasteiger partial charge < -0.3 is 0 Å². The van der Waals surface area contributed by atoms with Crippen molar-refractivity contribution in [2.24, 2.45) is 0 Å². The topological polar surface area (TPSA) is 104 Å². The highest BCUT2D eigenvalue weighted by Crippen LogP contribution is 2.35. The molecule has 0 unspecified atom stereocenters. The molecule has 2 amide bonds. The van der Waals surface area contributed by atoms with Crippen LogP contribution >= 0.6 is 46.1 Å². The molecule has 34 heavy (non-hydrogen) atoms. The number of hydrogen-bond acceptors (Lipinski definition) is 5. The Bertz CT molecular complexity index is 1540. The molecule has 12 heteroatoms. The lowest BCUT2D eigenvalue weighted by molar-refractivity contribution is 0.0849. The lowest BCUT2D eigenvalue weighted by Gasteiger charge is -2.11. The zero-order chi connectivity index (χ0) is 24.5. The van der Waals surface area contributed by atoms with E-state index < -0.39 is 21.8 Å². The molecule has 0 radical (unpaired) electrons. The van der Waals surface area contributed by atoms with Crippen molar-refractivity contribution in [1.29, 1.82) is 0 Å². The van der Waals surface area contributed by atoms with Crippen molar-refractivity contribution < 1.29 is 18.0 Å². The fourth-order valence-electron chi connectivity index (χ4n) is 2.98. The maximum absolute atomic E-state index is 12.6. The molecule has 0 aliphatic rings. The van der Waals surface area contributed by atoms with Gasteiger partial charge in [0.25, 0.3) is 21.8 Å². The van der Waals surface area contributed by atoms with Crippen LogP contribution in [0.2, 0.25) is 15.1 Å². The van der Waals surface area contributed by atoms with Gasteiger partial charge in [0.05, 0.1) is 20.0 Å². The van der Waals surface area contributed by atoms with Gasteiger partial charge in [-0.15, -0.1) is 11.3 Å². The Labute approximate surface area is 213 Å². The van der Waals surface area contributed by atoms with Gasteiger partial charge >= 0.3 is 0 Å². The predicted octanol–water partition coefficient (Wildman–Crippen LogP) is 5.74. The summed E-state index contributed by atoms with van der Waals surface area (Å²) in [7, 11) is -3.98. The smallest absolute Gasteiger partial charge is 0.280 e. The normalized spacial score (nSPS) is 11.3. The molecular weight excluding hydrogens is 541 g/mol. The Morgan fingerprint density at radius 2 is 1.53 bits per heavy atom. The van der Waals surface area contributed by atoms with E-state index in [1.807, 2.05) is 18.2 Å². The Morgan fingerprint density at radius 1 is 0.794 bits per heavy atom. The second kappa shape index (κ2) is 9.81. The lowest BCUT2D eigenvalue weighted by atomic mass is 10.2. The number of sulfonamides is 1. The van der Waals surface area contributed by atoms with Crippen LogP contribution in [0.15, 0.2) is 71.6 Å². The highest BCUT2D eigenvalue weighted by atomic mass is 35.5. The summed E-state index contributed by atoms with van der Waals surface area (Å²) < 4.78 is 28.5. The van der Waals surface area contributed by atoms with E-state index in [2.05, 4.69) is 15.6 Å². The summed E-state index contributed by atoms with van der Waals surface area (Å²) in [4.78, 5) is 25.2. The molecule has 174 valence electrons. The summed E-state index contributed by atoms with van der Waals surface area (Å²) in [5.41, 5.74) is 4.88. The van der Waals surface area contributed by atoms with Crippen molar-refractivity contribution in [2.45, 2.75) is 4.90 Å². The van der Waals surface area contributed by atoms with Gasteiger partial charge in [0.15, 0.2) is 0 Å². The monoisotopic (exact) mass is 553 g/mol. The summed E-state index contributed by atoms with van der Waals surface area (Å²) in [5, 5.41) is 1.35. The number of anilines is 1. The fraction of sp³-hybridized carbons (Fsp3) is 0. The molecular formula is C22H14Cl3N3O4S2. The van der Waals surface area contributed by atoms with Crippen LogP contribution in [0.1, 0.15) is 20.0 Å². The molecule has 0 aliphatic carbocycles. The second-order valence-corrected chi connectivity index (χ2v) is 10.8. The Hall–Kier alpha value is -2.82. The minimum Gasteiger partial charge on any atom is -0.280 e. The summed E-state index contributed by atoms with van der Waals surface area (Å²) in [6.07, 6.45) is 0. The van der Waals surface area contributed by atoms with Crippen LogP contribution < -0.4 is 15.6 Å². The van der Waals surface area contributed by atoms with Gasteiger partial charge in [0.2, 0.25) is 0 Å². The molecule has 0 spiro atoms. The lowest BCUT2D eigenvalue weighted by Crippen LogP contribution is -2.41. The second-order valence-electron chi connectivity index (χ2n) is 6.91. The highest BCUT2D eigenvalue weighted by Gasteiger charge is 2.19. The minimum absolute atomic E-state index is 0.0900. The Morgan fingerprint density at radius 3 is 2.26 bits per heavy atom. The zero-order valence-corrected chi connectivity index (χ0v) is 20.8. The minimum atomic E-state index is -3.98. The van der Waals surface area contributed by atoms with Crippen LogP contribution in [0, 0.1) is 0 Å². The van der Waals surface area contributed by atoms with E-state index in [9.17, 15) is 18.0 Å². The van der Waals surface area contributed by atoms with E-state index in [1.165, 1.54) is 53.8 Å². The maximum Gasteiger partial charge on any atom is 0.281 e. The Balaban J connectivity index is 1.45. The number of halogens is 3. The molecule has 0 saturated heterocycles.